The van der Waals surface area contributed by atoms with Gasteiger partial charge in [-0.05, 0) is 13.3 Å². The van der Waals surface area contributed by atoms with Gasteiger partial charge in [0, 0.05) is 26.3 Å². The molecule has 0 spiro atoms. The summed E-state index contributed by atoms with van der Waals surface area (Å²) in [5, 5.41) is 5.03. The number of carbonyl (C=O) groups is 1. The van der Waals surface area contributed by atoms with Gasteiger partial charge in [-0.25, -0.2) is 4.79 Å². The molecule has 0 heterocycles. The summed E-state index contributed by atoms with van der Waals surface area (Å²) in [6.07, 6.45) is -3.97. The first-order valence-electron chi connectivity index (χ1n) is 5.69. The maximum Gasteiger partial charge on any atom is 0.411 e. The molecule has 0 rings (SSSR count). The van der Waals surface area contributed by atoms with Crippen LogP contribution in [0.1, 0.15) is 13.3 Å². The molecule has 0 bridgehead atoms. The summed E-state index contributed by atoms with van der Waals surface area (Å²) in [6, 6.07) is -0.370. The molecule has 0 aromatic carbocycles. The van der Waals surface area contributed by atoms with Gasteiger partial charge in [-0.3, -0.25) is 0 Å². The van der Waals surface area contributed by atoms with Crippen LogP contribution < -0.4 is 10.6 Å². The van der Waals surface area contributed by atoms with E-state index in [1.165, 1.54) is 0 Å². The van der Waals surface area contributed by atoms with Crippen LogP contribution in [0.3, 0.4) is 0 Å². The van der Waals surface area contributed by atoms with Crippen LogP contribution in [0.2, 0.25) is 0 Å². The molecule has 0 unspecified atom stereocenters. The minimum absolute atomic E-state index is 0.0429. The molecule has 0 radical (unpaired) electrons. The Hall–Kier alpha value is -1.02. The second-order valence-electron chi connectivity index (χ2n) is 3.40. The van der Waals surface area contributed by atoms with Crippen LogP contribution in [-0.4, -0.2) is 51.7 Å². The summed E-state index contributed by atoms with van der Waals surface area (Å²) in [4.78, 5) is 11.1. The summed E-state index contributed by atoms with van der Waals surface area (Å²) in [7, 11) is 0. The minimum atomic E-state index is -4.30. The zero-order chi connectivity index (χ0) is 13.9. The average Bonchev–Trinajstić information content (AvgIpc) is 2.28. The van der Waals surface area contributed by atoms with Crippen LogP contribution in [0.5, 0.6) is 0 Å². The topological polar surface area (TPSA) is 59.6 Å². The Labute approximate surface area is 104 Å². The van der Waals surface area contributed by atoms with E-state index in [0.29, 0.717) is 26.2 Å². The normalized spacial score (nSPS) is 11.3. The molecule has 0 aromatic rings. The fourth-order valence-electron chi connectivity index (χ4n) is 1.01. The van der Waals surface area contributed by atoms with Gasteiger partial charge >= 0.3 is 12.2 Å². The van der Waals surface area contributed by atoms with Crippen molar-refractivity contribution in [2.45, 2.75) is 19.5 Å². The van der Waals surface area contributed by atoms with Gasteiger partial charge in [0.1, 0.15) is 6.61 Å². The molecule has 108 valence electrons. The van der Waals surface area contributed by atoms with Crippen molar-refractivity contribution in [1.29, 1.82) is 0 Å². The first kappa shape index (κ1) is 17.0. The van der Waals surface area contributed by atoms with Gasteiger partial charge in [-0.15, -0.1) is 0 Å². The highest BCUT2D eigenvalue weighted by Crippen LogP contribution is 2.14. The quantitative estimate of drug-likeness (QED) is 0.622. The lowest BCUT2D eigenvalue weighted by Crippen LogP contribution is -2.38. The Morgan fingerprint density at radius 2 is 1.78 bits per heavy atom. The molecule has 0 atom stereocenters. The number of nitrogens with one attached hydrogen (secondary N) is 2. The molecule has 0 aromatic heterocycles. The predicted octanol–water partition coefficient (Wildman–Crippen LogP) is 1.29. The summed E-state index contributed by atoms with van der Waals surface area (Å²) < 4.78 is 44.4. The van der Waals surface area contributed by atoms with Gasteiger partial charge in [0.15, 0.2) is 0 Å². The second kappa shape index (κ2) is 9.95. The largest absolute Gasteiger partial charge is 0.411 e. The maximum absolute atomic E-state index is 11.7. The predicted molar refractivity (Wildman–Crippen MR) is 59.4 cm³/mol. The average molecular weight is 272 g/mol. The van der Waals surface area contributed by atoms with Crippen LogP contribution >= 0.6 is 0 Å². The Balaban J connectivity index is 3.25. The van der Waals surface area contributed by atoms with Gasteiger partial charge in [0.2, 0.25) is 0 Å². The lowest BCUT2D eigenvalue weighted by Gasteiger charge is -2.09. The van der Waals surface area contributed by atoms with Gasteiger partial charge in [0.25, 0.3) is 0 Å². The molecule has 2 N–H and O–H groups in total. The monoisotopic (exact) mass is 272 g/mol. The molecule has 2 amide bonds. The zero-order valence-corrected chi connectivity index (χ0v) is 10.3. The molecule has 0 aliphatic heterocycles. The molecule has 0 saturated heterocycles. The van der Waals surface area contributed by atoms with E-state index < -0.39 is 12.8 Å². The number of halogens is 3. The molecule has 0 saturated carbocycles. The third kappa shape index (κ3) is 13.0. The van der Waals surface area contributed by atoms with Crippen molar-refractivity contribution in [3.8, 4) is 0 Å². The number of carbonyl (C=O) groups excluding carboxylic acids is 1. The van der Waals surface area contributed by atoms with Gasteiger partial charge in [0.05, 0.1) is 6.61 Å². The molecule has 5 nitrogen and oxygen atoms in total. The Bertz CT molecular complexity index is 225. The summed E-state index contributed by atoms with van der Waals surface area (Å²) in [5.41, 5.74) is 0. The molecule has 0 fully saturated rings. The van der Waals surface area contributed by atoms with E-state index in [4.69, 9.17) is 4.74 Å². The second-order valence-corrected chi connectivity index (χ2v) is 3.40. The molecular formula is C10H19F3N2O3. The SMILES string of the molecule is CCOCCNC(=O)NCCCOCC(F)(F)F. The number of hydrogen-bond donors (Lipinski definition) is 2. The summed E-state index contributed by atoms with van der Waals surface area (Å²) in [5.74, 6) is 0. The standard InChI is InChI=1S/C10H19F3N2O3/c1-2-17-7-5-15-9(16)14-4-3-6-18-8-10(11,12)13/h2-8H2,1H3,(H2,14,15,16). The van der Waals surface area contributed by atoms with Crippen LogP contribution in [0.15, 0.2) is 0 Å². The number of amides is 2. The highest BCUT2D eigenvalue weighted by Gasteiger charge is 2.27. The Morgan fingerprint density at radius 3 is 2.39 bits per heavy atom. The first-order valence-corrected chi connectivity index (χ1v) is 5.69. The maximum atomic E-state index is 11.7. The van der Waals surface area contributed by atoms with Crippen molar-refractivity contribution in [3.63, 3.8) is 0 Å². The van der Waals surface area contributed by atoms with Gasteiger partial charge in [-0.1, -0.05) is 0 Å². The van der Waals surface area contributed by atoms with E-state index in [1.807, 2.05) is 6.92 Å². The fraction of sp³-hybridized carbons (Fsp3) is 0.900. The summed E-state index contributed by atoms with van der Waals surface area (Å²) >= 11 is 0. The van der Waals surface area contributed by atoms with E-state index in [9.17, 15) is 18.0 Å². The van der Waals surface area contributed by atoms with Crippen LogP contribution in [-0.2, 0) is 9.47 Å². The Morgan fingerprint density at radius 1 is 1.11 bits per heavy atom. The molecule has 18 heavy (non-hydrogen) atoms. The molecular weight excluding hydrogens is 253 g/mol. The van der Waals surface area contributed by atoms with Gasteiger partial charge in [-0.2, -0.15) is 13.2 Å². The molecule has 0 aliphatic carbocycles. The van der Waals surface area contributed by atoms with E-state index in [0.717, 1.165) is 0 Å². The summed E-state index contributed by atoms with van der Waals surface area (Å²) in [6.45, 7) is 2.22. The number of alkyl halides is 3. The fourth-order valence-corrected chi connectivity index (χ4v) is 1.01. The highest BCUT2D eigenvalue weighted by molar-refractivity contribution is 5.73. The molecule has 8 heteroatoms. The van der Waals surface area contributed by atoms with Crippen molar-refractivity contribution in [3.05, 3.63) is 0 Å². The minimum Gasteiger partial charge on any atom is -0.380 e. The van der Waals surface area contributed by atoms with E-state index in [-0.39, 0.29) is 19.2 Å². The van der Waals surface area contributed by atoms with Gasteiger partial charge < -0.3 is 20.1 Å². The van der Waals surface area contributed by atoms with E-state index in [2.05, 4.69) is 15.4 Å². The number of urea groups is 1. The van der Waals surface area contributed by atoms with Crippen molar-refractivity contribution >= 4 is 6.03 Å². The first-order chi connectivity index (χ1) is 8.45. The lowest BCUT2D eigenvalue weighted by molar-refractivity contribution is -0.173. The third-order valence-corrected chi connectivity index (χ3v) is 1.75. The third-order valence-electron chi connectivity index (χ3n) is 1.75. The number of ether oxygens (including phenoxy) is 2. The van der Waals surface area contributed by atoms with Crippen molar-refractivity contribution in [2.75, 3.05) is 39.5 Å². The Kier molecular flexibility index (Phi) is 9.39. The van der Waals surface area contributed by atoms with Crippen LogP contribution in [0, 0.1) is 0 Å². The van der Waals surface area contributed by atoms with Crippen molar-refractivity contribution < 1.29 is 27.4 Å². The van der Waals surface area contributed by atoms with Crippen LogP contribution in [0.25, 0.3) is 0 Å². The van der Waals surface area contributed by atoms with E-state index in [1.54, 1.807) is 0 Å². The number of rotatable bonds is 9. The van der Waals surface area contributed by atoms with Crippen molar-refractivity contribution in [1.82, 2.24) is 10.6 Å². The van der Waals surface area contributed by atoms with Crippen molar-refractivity contribution in [2.24, 2.45) is 0 Å². The highest BCUT2D eigenvalue weighted by atomic mass is 19.4. The zero-order valence-electron chi connectivity index (χ0n) is 10.3. The van der Waals surface area contributed by atoms with E-state index >= 15 is 0 Å². The molecule has 0 aliphatic rings. The lowest BCUT2D eigenvalue weighted by atomic mass is 10.4. The number of hydrogen-bond acceptors (Lipinski definition) is 3. The van der Waals surface area contributed by atoms with Crippen LogP contribution in [0.4, 0.5) is 18.0 Å². The smallest absolute Gasteiger partial charge is 0.380 e.